The second-order valence-corrected chi connectivity index (χ2v) is 8.93. The monoisotopic (exact) mass is 476 g/mol. The first-order valence-electron chi connectivity index (χ1n) is 10.2. The average Bonchev–Trinajstić information content (AvgIpc) is 3.36. The van der Waals surface area contributed by atoms with Crippen LogP contribution in [0.15, 0.2) is 101 Å². The fourth-order valence-corrected chi connectivity index (χ4v) is 4.47. The van der Waals surface area contributed by atoms with Crippen molar-refractivity contribution >= 4 is 46.6 Å². The Morgan fingerprint density at radius 2 is 1.73 bits per heavy atom. The van der Waals surface area contributed by atoms with Gasteiger partial charge in [-0.2, -0.15) is 0 Å². The van der Waals surface area contributed by atoms with Gasteiger partial charge in [0.25, 0.3) is 5.91 Å². The number of nitrogens with one attached hydrogen (secondary N) is 2. The number of carbonyl (C=O) groups is 2. The van der Waals surface area contributed by atoms with Crippen LogP contribution in [0.5, 0.6) is 0 Å². The zero-order valence-electron chi connectivity index (χ0n) is 17.7. The van der Waals surface area contributed by atoms with Gasteiger partial charge in [0.15, 0.2) is 5.76 Å². The Hall–Kier alpha value is -3.48. The van der Waals surface area contributed by atoms with Crippen LogP contribution in [0.4, 0.5) is 11.4 Å². The van der Waals surface area contributed by atoms with Gasteiger partial charge in [0, 0.05) is 21.3 Å². The van der Waals surface area contributed by atoms with Crippen molar-refractivity contribution in [1.82, 2.24) is 0 Å². The van der Waals surface area contributed by atoms with Crippen LogP contribution >= 0.6 is 23.4 Å². The predicted octanol–water partition coefficient (Wildman–Crippen LogP) is 6.97. The minimum atomic E-state index is -0.513. The SMILES string of the molecule is Cc1ccc(Cl)cc1NC(=O)C(Sc1cccc(NC(=O)c2ccco2)c1)c1ccccc1. The normalized spacial score (nSPS) is 11.6. The van der Waals surface area contributed by atoms with E-state index in [4.69, 9.17) is 16.0 Å². The van der Waals surface area contributed by atoms with Crippen molar-refractivity contribution in [3.8, 4) is 0 Å². The topological polar surface area (TPSA) is 71.3 Å². The number of thioether (sulfide) groups is 1. The van der Waals surface area contributed by atoms with Crippen molar-refractivity contribution in [1.29, 1.82) is 0 Å². The van der Waals surface area contributed by atoms with Crippen molar-refractivity contribution in [2.45, 2.75) is 17.1 Å². The largest absolute Gasteiger partial charge is 0.459 e. The molecule has 166 valence electrons. The van der Waals surface area contributed by atoms with E-state index in [2.05, 4.69) is 10.6 Å². The third-order valence-corrected chi connectivity index (χ3v) is 6.37. The summed E-state index contributed by atoms with van der Waals surface area (Å²) in [6.45, 7) is 1.92. The first kappa shape index (κ1) is 22.7. The minimum Gasteiger partial charge on any atom is -0.459 e. The summed E-state index contributed by atoms with van der Waals surface area (Å²) >= 11 is 7.52. The number of aryl methyl sites for hydroxylation is 1. The summed E-state index contributed by atoms with van der Waals surface area (Å²) in [5.74, 6) is -0.274. The van der Waals surface area contributed by atoms with Crippen molar-refractivity contribution in [3.05, 3.63) is 113 Å². The van der Waals surface area contributed by atoms with Gasteiger partial charge < -0.3 is 15.1 Å². The lowest BCUT2D eigenvalue weighted by Crippen LogP contribution is -2.19. The molecule has 0 aliphatic heterocycles. The van der Waals surface area contributed by atoms with E-state index in [1.165, 1.54) is 18.0 Å². The number of anilines is 2. The van der Waals surface area contributed by atoms with Gasteiger partial charge in [-0.25, -0.2) is 0 Å². The molecule has 0 saturated carbocycles. The molecule has 0 saturated heterocycles. The summed E-state index contributed by atoms with van der Waals surface area (Å²) in [4.78, 5) is 26.5. The molecule has 1 heterocycles. The number of hydrogen-bond acceptors (Lipinski definition) is 4. The number of rotatable bonds is 7. The van der Waals surface area contributed by atoms with Crippen molar-refractivity contribution < 1.29 is 14.0 Å². The molecule has 33 heavy (non-hydrogen) atoms. The van der Waals surface area contributed by atoms with Gasteiger partial charge in [-0.15, -0.1) is 11.8 Å². The first-order chi connectivity index (χ1) is 16.0. The lowest BCUT2D eigenvalue weighted by atomic mass is 10.1. The average molecular weight is 477 g/mol. The van der Waals surface area contributed by atoms with E-state index in [1.807, 2.05) is 61.5 Å². The van der Waals surface area contributed by atoms with Crippen LogP contribution in [0.25, 0.3) is 0 Å². The summed E-state index contributed by atoms with van der Waals surface area (Å²) < 4.78 is 5.15. The summed E-state index contributed by atoms with van der Waals surface area (Å²) in [7, 11) is 0. The zero-order chi connectivity index (χ0) is 23.2. The quantitative estimate of drug-likeness (QED) is 0.283. The molecule has 7 heteroatoms. The smallest absolute Gasteiger partial charge is 0.291 e. The van der Waals surface area contributed by atoms with E-state index in [-0.39, 0.29) is 17.6 Å². The summed E-state index contributed by atoms with van der Waals surface area (Å²) in [6.07, 6.45) is 1.45. The van der Waals surface area contributed by atoms with Crippen molar-refractivity contribution in [2.75, 3.05) is 10.6 Å². The number of halogens is 1. The molecule has 0 bridgehead atoms. The molecular formula is C26H21ClN2O3S. The van der Waals surface area contributed by atoms with E-state index >= 15 is 0 Å². The second-order valence-electron chi connectivity index (χ2n) is 7.32. The summed E-state index contributed by atoms with van der Waals surface area (Å²) in [6, 6.07) is 25.6. The maximum Gasteiger partial charge on any atom is 0.291 e. The van der Waals surface area contributed by atoms with Gasteiger partial charge in [0.1, 0.15) is 5.25 Å². The molecule has 2 amide bonds. The molecule has 3 aromatic carbocycles. The number of carbonyl (C=O) groups excluding carboxylic acids is 2. The lowest BCUT2D eigenvalue weighted by Gasteiger charge is -2.18. The zero-order valence-corrected chi connectivity index (χ0v) is 19.3. The first-order valence-corrected chi connectivity index (χ1v) is 11.5. The number of furan rings is 1. The predicted molar refractivity (Wildman–Crippen MR) is 133 cm³/mol. The van der Waals surface area contributed by atoms with Crippen LogP contribution in [-0.4, -0.2) is 11.8 Å². The third-order valence-electron chi connectivity index (χ3n) is 4.89. The molecule has 0 spiro atoms. The van der Waals surface area contributed by atoms with Gasteiger partial charge >= 0.3 is 0 Å². The molecule has 0 fully saturated rings. The molecule has 0 radical (unpaired) electrons. The van der Waals surface area contributed by atoms with Crippen LogP contribution in [0, 0.1) is 6.92 Å². The van der Waals surface area contributed by atoms with E-state index in [9.17, 15) is 9.59 Å². The molecular weight excluding hydrogens is 456 g/mol. The molecule has 5 nitrogen and oxygen atoms in total. The van der Waals surface area contributed by atoms with Gasteiger partial charge in [-0.05, 0) is 60.5 Å². The molecule has 1 aromatic heterocycles. The lowest BCUT2D eigenvalue weighted by molar-refractivity contribution is -0.115. The molecule has 4 aromatic rings. The fraction of sp³-hybridized carbons (Fsp3) is 0.0769. The molecule has 0 aliphatic rings. The molecule has 0 aliphatic carbocycles. The van der Waals surface area contributed by atoms with Crippen molar-refractivity contribution in [2.24, 2.45) is 0 Å². The highest BCUT2D eigenvalue weighted by Gasteiger charge is 2.23. The summed E-state index contributed by atoms with van der Waals surface area (Å²) in [5.41, 5.74) is 3.07. The Bertz CT molecular complexity index is 1260. The standard InChI is InChI=1S/C26H21ClN2O3S/c1-17-12-13-19(27)15-22(17)29-26(31)24(18-7-3-2-4-8-18)33-21-10-5-9-20(16-21)28-25(30)23-11-6-14-32-23/h2-16,24H,1H3,(H,28,30)(H,29,31). The van der Waals surface area contributed by atoms with Gasteiger partial charge in [0.2, 0.25) is 5.91 Å². The Kier molecular flexibility index (Phi) is 7.17. The van der Waals surface area contributed by atoms with Gasteiger partial charge in [-0.1, -0.05) is 54.1 Å². The Labute approximate surface area is 201 Å². The van der Waals surface area contributed by atoms with Gasteiger partial charge in [0.05, 0.1) is 6.26 Å². The highest BCUT2D eigenvalue weighted by atomic mass is 35.5. The van der Waals surface area contributed by atoms with Crippen LogP contribution < -0.4 is 10.6 Å². The highest BCUT2D eigenvalue weighted by molar-refractivity contribution is 8.00. The molecule has 1 unspecified atom stereocenters. The fourth-order valence-electron chi connectivity index (χ4n) is 3.21. The van der Waals surface area contributed by atoms with Crippen LogP contribution in [0.1, 0.15) is 26.9 Å². The third kappa shape index (κ3) is 5.86. The van der Waals surface area contributed by atoms with E-state index < -0.39 is 5.25 Å². The number of hydrogen-bond donors (Lipinski definition) is 2. The van der Waals surface area contributed by atoms with E-state index in [0.717, 1.165) is 16.0 Å². The minimum absolute atomic E-state index is 0.165. The maximum absolute atomic E-state index is 13.3. The van der Waals surface area contributed by atoms with Gasteiger partial charge in [-0.3, -0.25) is 9.59 Å². The van der Waals surface area contributed by atoms with E-state index in [0.29, 0.717) is 16.4 Å². The van der Waals surface area contributed by atoms with Crippen LogP contribution in [-0.2, 0) is 4.79 Å². The molecule has 4 rings (SSSR count). The van der Waals surface area contributed by atoms with Crippen LogP contribution in [0.2, 0.25) is 5.02 Å². The Morgan fingerprint density at radius 3 is 2.48 bits per heavy atom. The highest BCUT2D eigenvalue weighted by Crippen LogP contribution is 2.37. The Balaban J connectivity index is 1.56. The van der Waals surface area contributed by atoms with Crippen LogP contribution in [0.3, 0.4) is 0 Å². The van der Waals surface area contributed by atoms with E-state index in [1.54, 1.807) is 30.3 Å². The molecule has 2 N–H and O–H groups in total. The van der Waals surface area contributed by atoms with Crippen molar-refractivity contribution in [3.63, 3.8) is 0 Å². The maximum atomic E-state index is 13.3. The summed E-state index contributed by atoms with van der Waals surface area (Å²) in [5, 5.41) is 5.87. The number of benzene rings is 3. The number of amides is 2. The Morgan fingerprint density at radius 1 is 0.909 bits per heavy atom. The molecule has 1 atom stereocenters. The second kappa shape index (κ2) is 10.4.